The largest absolute Gasteiger partial charge is 0.497 e. The number of ether oxygens (including phenoxy) is 1. The number of aromatic amines is 1. The third kappa shape index (κ3) is 5.21. The molecule has 8 nitrogen and oxygen atoms in total. The second kappa shape index (κ2) is 10.8. The topological polar surface area (TPSA) is 93.1 Å². The molecule has 186 valence electrons. The molecule has 4 rings (SSSR count). The molecule has 0 bridgehead atoms. The Kier molecular flexibility index (Phi) is 7.76. The molecule has 1 aliphatic heterocycles. The molecule has 1 fully saturated rings. The van der Waals surface area contributed by atoms with E-state index in [1.165, 1.54) is 37.9 Å². The molecule has 1 aromatic carbocycles. The van der Waals surface area contributed by atoms with Gasteiger partial charge in [0.05, 0.1) is 24.6 Å². The van der Waals surface area contributed by atoms with Crippen LogP contribution in [0.5, 0.6) is 5.75 Å². The van der Waals surface area contributed by atoms with E-state index in [1.54, 1.807) is 7.11 Å². The van der Waals surface area contributed by atoms with Crippen molar-refractivity contribution in [2.24, 2.45) is 0 Å². The molecule has 0 spiro atoms. The number of rotatable bonds is 9. The number of benzene rings is 1. The predicted molar refractivity (Wildman–Crippen MR) is 137 cm³/mol. The van der Waals surface area contributed by atoms with Gasteiger partial charge in [-0.25, -0.2) is 0 Å². The van der Waals surface area contributed by atoms with Gasteiger partial charge in [0.25, 0.3) is 0 Å². The first kappa shape index (κ1) is 25.2. The smallest absolute Gasteiger partial charge is 0.196 e. The molecule has 0 saturated carbocycles. The minimum absolute atomic E-state index is 0.0430. The Balaban J connectivity index is 1.63. The Morgan fingerprint density at radius 1 is 1.11 bits per heavy atom. The van der Waals surface area contributed by atoms with Crippen LogP contribution in [0.25, 0.3) is 5.69 Å². The van der Waals surface area contributed by atoms with Gasteiger partial charge >= 0.3 is 0 Å². The van der Waals surface area contributed by atoms with E-state index < -0.39 is 0 Å². The fourth-order valence-corrected chi connectivity index (χ4v) is 5.68. The number of Topliss-reactive ketones (excluding diaryl/α,β-unsaturated/α-hetero) is 2. The minimum atomic E-state index is -0.0713. The first-order chi connectivity index (χ1) is 16.8. The van der Waals surface area contributed by atoms with E-state index in [0.29, 0.717) is 22.0 Å². The second-order valence-corrected chi connectivity index (χ2v) is 9.98. The van der Waals surface area contributed by atoms with Crippen molar-refractivity contribution in [3.8, 4) is 11.4 Å². The van der Waals surface area contributed by atoms with Gasteiger partial charge in [0, 0.05) is 16.9 Å². The van der Waals surface area contributed by atoms with Crippen LogP contribution in [0.15, 0.2) is 29.4 Å². The summed E-state index contributed by atoms with van der Waals surface area (Å²) in [7, 11) is 1.65. The molecular formula is C26H33N5O3S. The van der Waals surface area contributed by atoms with E-state index in [2.05, 4.69) is 27.0 Å². The average Bonchev–Trinajstić information content (AvgIpc) is 3.42. The fourth-order valence-electron chi connectivity index (χ4n) is 4.85. The molecule has 2 aromatic heterocycles. The fraction of sp³-hybridized carbons (Fsp3) is 0.462. The first-order valence-electron chi connectivity index (χ1n) is 12.0. The molecule has 1 saturated heterocycles. The SMILES string of the molecule is COc1ccc(-n2c(SCC(=O)c3[nH]c(C)c(C(C)=O)c3C)nnc2C(C)N2CCCCC2)cc1. The molecular weight excluding hydrogens is 462 g/mol. The molecule has 0 aliphatic carbocycles. The van der Waals surface area contributed by atoms with Crippen LogP contribution in [-0.4, -0.2) is 62.2 Å². The van der Waals surface area contributed by atoms with E-state index in [1.807, 2.05) is 42.7 Å². The minimum Gasteiger partial charge on any atom is -0.497 e. The average molecular weight is 496 g/mol. The lowest BCUT2D eigenvalue weighted by molar-refractivity contribution is 0.101. The quantitative estimate of drug-likeness (QED) is 0.332. The molecule has 1 aliphatic rings. The number of aryl methyl sites for hydroxylation is 1. The number of ketones is 2. The van der Waals surface area contributed by atoms with Gasteiger partial charge in [0.1, 0.15) is 5.75 Å². The standard InChI is InChI=1S/C26H33N5O3S/c1-16-23(19(4)32)17(2)27-24(16)22(33)15-35-26-29-28-25(18(3)30-13-7-6-8-14-30)31(26)20-9-11-21(34-5)12-10-20/h9-12,18,27H,6-8,13-15H2,1-5H3. The maximum atomic E-state index is 13.1. The summed E-state index contributed by atoms with van der Waals surface area (Å²) < 4.78 is 7.38. The number of likely N-dealkylation sites (tertiary alicyclic amines) is 1. The molecule has 1 N–H and O–H groups in total. The van der Waals surface area contributed by atoms with Crippen molar-refractivity contribution >= 4 is 23.3 Å². The van der Waals surface area contributed by atoms with E-state index >= 15 is 0 Å². The zero-order chi connectivity index (χ0) is 25.1. The van der Waals surface area contributed by atoms with Gasteiger partial charge in [-0.3, -0.25) is 19.1 Å². The van der Waals surface area contributed by atoms with Crippen LogP contribution in [0.2, 0.25) is 0 Å². The highest BCUT2D eigenvalue weighted by Crippen LogP contribution is 2.31. The van der Waals surface area contributed by atoms with E-state index in [4.69, 9.17) is 4.74 Å². The van der Waals surface area contributed by atoms with Crippen molar-refractivity contribution in [1.82, 2.24) is 24.6 Å². The zero-order valence-electron chi connectivity index (χ0n) is 21.1. The van der Waals surface area contributed by atoms with Crippen LogP contribution >= 0.6 is 11.8 Å². The highest BCUT2D eigenvalue weighted by Gasteiger charge is 2.26. The number of aromatic nitrogens is 4. The maximum Gasteiger partial charge on any atom is 0.196 e. The molecule has 3 heterocycles. The van der Waals surface area contributed by atoms with Crippen molar-refractivity contribution in [1.29, 1.82) is 0 Å². The first-order valence-corrected chi connectivity index (χ1v) is 13.0. The molecule has 0 amide bonds. The van der Waals surface area contributed by atoms with Crippen LogP contribution < -0.4 is 4.74 Å². The number of thioether (sulfide) groups is 1. The van der Waals surface area contributed by atoms with Crippen molar-refractivity contribution < 1.29 is 14.3 Å². The monoisotopic (exact) mass is 495 g/mol. The highest BCUT2D eigenvalue weighted by atomic mass is 32.2. The van der Waals surface area contributed by atoms with Gasteiger partial charge in [-0.15, -0.1) is 10.2 Å². The number of hydrogen-bond acceptors (Lipinski definition) is 7. The zero-order valence-corrected chi connectivity index (χ0v) is 21.9. The summed E-state index contributed by atoms with van der Waals surface area (Å²) >= 11 is 1.36. The Labute approximate surface area is 210 Å². The molecule has 35 heavy (non-hydrogen) atoms. The summed E-state index contributed by atoms with van der Waals surface area (Å²) in [5, 5.41) is 9.73. The second-order valence-electron chi connectivity index (χ2n) is 9.04. The van der Waals surface area contributed by atoms with Crippen molar-refractivity contribution in [3.63, 3.8) is 0 Å². The highest BCUT2D eigenvalue weighted by molar-refractivity contribution is 7.99. The van der Waals surface area contributed by atoms with Gasteiger partial charge in [-0.05, 0) is 83.5 Å². The number of nitrogens with zero attached hydrogens (tertiary/aromatic N) is 4. The number of H-pyrrole nitrogens is 1. The summed E-state index contributed by atoms with van der Waals surface area (Å²) in [5.41, 5.74) is 3.43. The lowest BCUT2D eigenvalue weighted by Crippen LogP contribution is -2.33. The molecule has 9 heteroatoms. The van der Waals surface area contributed by atoms with Gasteiger partial charge in [0.2, 0.25) is 0 Å². The Morgan fingerprint density at radius 2 is 1.80 bits per heavy atom. The summed E-state index contributed by atoms with van der Waals surface area (Å²) in [6.07, 6.45) is 3.64. The lowest BCUT2D eigenvalue weighted by atomic mass is 10.1. The lowest BCUT2D eigenvalue weighted by Gasteiger charge is -2.31. The van der Waals surface area contributed by atoms with Crippen LogP contribution in [0, 0.1) is 13.8 Å². The van der Waals surface area contributed by atoms with Gasteiger partial charge in [-0.1, -0.05) is 18.2 Å². The molecule has 1 unspecified atom stereocenters. The van der Waals surface area contributed by atoms with Gasteiger partial charge in [-0.2, -0.15) is 0 Å². The van der Waals surface area contributed by atoms with Crippen LogP contribution in [-0.2, 0) is 0 Å². The number of carbonyl (C=O) groups excluding carboxylic acids is 2. The molecule has 1 atom stereocenters. The Hall–Kier alpha value is -2.91. The van der Waals surface area contributed by atoms with E-state index in [0.717, 1.165) is 36.0 Å². The third-order valence-electron chi connectivity index (χ3n) is 6.70. The third-order valence-corrected chi connectivity index (χ3v) is 7.63. The van der Waals surface area contributed by atoms with E-state index in [9.17, 15) is 9.59 Å². The molecule has 0 radical (unpaired) electrons. The van der Waals surface area contributed by atoms with Crippen LogP contribution in [0.4, 0.5) is 0 Å². The molecule has 3 aromatic rings. The Morgan fingerprint density at radius 3 is 2.40 bits per heavy atom. The van der Waals surface area contributed by atoms with Gasteiger partial charge < -0.3 is 9.72 Å². The van der Waals surface area contributed by atoms with Gasteiger partial charge in [0.15, 0.2) is 22.5 Å². The Bertz CT molecular complexity index is 1210. The van der Waals surface area contributed by atoms with Crippen molar-refractivity contribution in [2.75, 3.05) is 26.0 Å². The van der Waals surface area contributed by atoms with E-state index in [-0.39, 0.29) is 23.4 Å². The summed E-state index contributed by atoms with van der Waals surface area (Å²) in [6.45, 7) is 9.42. The summed E-state index contributed by atoms with van der Waals surface area (Å²) in [6, 6.07) is 7.90. The summed E-state index contributed by atoms with van der Waals surface area (Å²) in [4.78, 5) is 30.6. The normalized spacial score (nSPS) is 15.2. The summed E-state index contributed by atoms with van der Waals surface area (Å²) in [5.74, 6) is 1.70. The van der Waals surface area contributed by atoms with Crippen molar-refractivity contribution in [3.05, 3.63) is 52.6 Å². The number of hydrogen-bond donors (Lipinski definition) is 1. The number of carbonyl (C=O) groups is 2. The number of piperidine rings is 1. The van der Waals surface area contributed by atoms with Crippen LogP contribution in [0.3, 0.4) is 0 Å². The van der Waals surface area contributed by atoms with Crippen molar-refractivity contribution in [2.45, 2.75) is 58.2 Å². The van der Waals surface area contributed by atoms with Crippen LogP contribution in [0.1, 0.15) is 77.1 Å². The maximum absolute atomic E-state index is 13.1. The number of methoxy groups -OCH3 is 1. The predicted octanol–water partition coefficient (Wildman–Crippen LogP) is 4.95. The number of nitrogens with one attached hydrogen (secondary N) is 1.